The number of benzene rings is 1. The summed E-state index contributed by atoms with van der Waals surface area (Å²) in [5.74, 6) is 0.355. The molecule has 1 aliphatic heterocycles. The van der Waals surface area contributed by atoms with Crippen LogP contribution in [0, 0.1) is 0 Å². The normalized spacial score (nSPS) is 17.6. The van der Waals surface area contributed by atoms with Gasteiger partial charge in [-0.2, -0.15) is 0 Å². The number of hydrogen-bond acceptors (Lipinski definition) is 4. The SMILES string of the molecule is Oc1ccc2c(CN3CCNCC3)csc2c1. The Hall–Kier alpha value is -1.10. The van der Waals surface area contributed by atoms with E-state index in [2.05, 4.69) is 15.6 Å². The number of fused-ring (bicyclic) bond motifs is 1. The Morgan fingerprint density at radius 1 is 1.29 bits per heavy atom. The lowest BCUT2D eigenvalue weighted by molar-refractivity contribution is 0.234. The van der Waals surface area contributed by atoms with Crippen LogP contribution in [-0.4, -0.2) is 36.2 Å². The van der Waals surface area contributed by atoms with Crippen molar-refractivity contribution in [1.82, 2.24) is 10.2 Å². The van der Waals surface area contributed by atoms with Crippen LogP contribution in [0.1, 0.15) is 5.56 Å². The average molecular weight is 248 g/mol. The Labute approximate surface area is 105 Å². The van der Waals surface area contributed by atoms with Crippen LogP contribution in [0.15, 0.2) is 23.6 Å². The molecule has 3 nitrogen and oxygen atoms in total. The van der Waals surface area contributed by atoms with Crippen molar-refractivity contribution in [2.75, 3.05) is 26.2 Å². The second kappa shape index (κ2) is 4.64. The number of aromatic hydroxyl groups is 1. The maximum absolute atomic E-state index is 9.45. The highest BCUT2D eigenvalue weighted by atomic mass is 32.1. The first kappa shape index (κ1) is 11.0. The van der Waals surface area contributed by atoms with Crippen molar-refractivity contribution in [3.8, 4) is 5.75 Å². The highest BCUT2D eigenvalue weighted by Crippen LogP contribution is 2.29. The van der Waals surface area contributed by atoms with Gasteiger partial charge in [-0.15, -0.1) is 11.3 Å². The molecule has 4 heteroatoms. The van der Waals surface area contributed by atoms with E-state index >= 15 is 0 Å². The topological polar surface area (TPSA) is 35.5 Å². The molecule has 1 aromatic heterocycles. The number of thiophene rings is 1. The Morgan fingerprint density at radius 2 is 2.12 bits per heavy atom. The zero-order chi connectivity index (χ0) is 11.7. The van der Waals surface area contributed by atoms with Crippen LogP contribution in [-0.2, 0) is 6.54 Å². The Morgan fingerprint density at radius 3 is 2.94 bits per heavy atom. The number of rotatable bonds is 2. The number of hydrogen-bond donors (Lipinski definition) is 2. The van der Waals surface area contributed by atoms with E-state index in [1.807, 2.05) is 12.1 Å². The molecule has 2 heterocycles. The van der Waals surface area contributed by atoms with Gasteiger partial charge in [-0.1, -0.05) is 0 Å². The van der Waals surface area contributed by atoms with Gasteiger partial charge in [0.05, 0.1) is 0 Å². The maximum Gasteiger partial charge on any atom is 0.117 e. The van der Waals surface area contributed by atoms with Crippen molar-refractivity contribution in [3.63, 3.8) is 0 Å². The van der Waals surface area contributed by atoms with Crippen molar-refractivity contribution < 1.29 is 5.11 Å². The van der Waals surface area contributed by atoms with Crippen LogP contribution >= 0.6 is 11.3 Å². The van der Waals surface area contributed by atoms with Gasteiger partial charge in [-0.05, 0) is 34.5 Å². The van der Waals surface area contributed by atoms with E-state index in [0.717, 1.165) is 32.7 Å². The summed E-state index contributed by atoms with van der Waals surface area (Å²) in [6, 6.07) is 5.65. The minimum absolute atomic E-state index is 0.355. The molecule has 0 spiro atoms. The molecule has 17 heavy (non-hydrogen) atoms. The van der Waals surface area contributed by atoms with Gasteiger partial charge in [0.25, 0.3) is 0 Å². The van der Waals surface area contributed by atoms with E-state index in [0.29, 0.717) is 5.75 Å². The first-order valence-electron chi connectivity index (χ1n) is 5.95. The highest BCUT2D eigenvalue weighted by molar-refractivity contribution is 7.17. The molecule has 0 atom stereocenters. The first-order valence-corrected chi connectivity index (χ1v) is 6.83. The van der Waals surface area contributed by atoms with Crippen molar-refractivity contribution in [2.24, 2.45) is 0 Å². The molecule has 0 radical (unpaired) electrons. The summed E-state index contributed by atoms with van der Waals surface area (Å²) >= 11 is 1.71. The standard InChI is InChI=1S/C13H16N2OS/c16-11-1-2-12-10(9-17-13(12)7-11)8-15-5-3-14-4-6-15/h1-2,7,9,14,16H,3-6,8H2. The molecule has 0 unspecified atom stereocenters. The number of phenols is 1. The van der Waals surface area contributed by atoms with Gasteiger partial charge < -0.3 is 10.4 Å². The summed E-state index contributed by atoms with van der Waals surface area (Å²) in [5, 5.41) is 16.3. The number of piperazine rings is 1. The van der Waals surface area contributed by atoms with Crippen LogP contribution in [0.5, 0.6) is 5.75 Å². The predicted molar refractivity (Wildman–Crippen MR) is 71.6 cm³/mol. The molecule has 90 valence electrons. The smallest absolute Gasteiger partial charge is 0.117 e. The number of nitrogens with zero attached hydrogens (tertiary/aromatic N) is 1. The largest absolute Gasteiger partial charge is 0.508 e. The van der Waals surface area contributed by atoms with E-state index in [1.165, 1.54) is 15.6 Å². The van der Waals surface area contributed by atoms with Gasteiger partial charge in [0.1, 0.15) is 5.75 Å². The molecule has 0 aliphatic carbocycles. The van der Waals surface area contributed by atoms with Crippen molar-refractivity contribution >= 4 is 21.4 Å². The van der Waals surface area contributed by atoms with E-state index < -0.39 is 0 Å². The summed E-state index contributed by atoms with van der Waals surface area (Å²) in [6.45, 7) is 5.43. The van der Waals surface area contributed by atoms with Crippen LogP contribution < -0.4 is 5.32 Å². The molecule has 0 bridgehead atoms. The zero-order valence-electron chi connectivity index (χ0n) is 9.65. The van der Waals surface area contributed by atoms with Crippen molar-refractivity contribution in [2.45, 2.75) is 6.54 Å². The summed E-state index contributed by atoms with van der Waals surface area (Å²) in [5.41, 5.74) is 1.38. The Balaban J connectivity index is 1.84. The van der Waals surface area contributed by atoms with E-state index in [9.17, 15) is 5.11 Å². The van der Waals surface area contributed by atoms with Crippen LogP contribution in [0.3, 0.4) is 0 Å². The lowest BCUT2D eigenvalue weighted by Gasteiger charge is -2.26. The lowest BCUT2D eigenvalue weighted by atomic mass is 10.1. The number of phenolic OH excluding ortho intramolecular Hbond substituents is 1. The Kier molecular flexibility index (Phi) is 3.01. The summed E-state index contributed by atoms with van der Waals surface area (Å²) in [6.07, 6.45) is 0. The lowest BCUT2D eigenvalue weighted by Crippen LogP contribution is -2.42. The van der Waals surface area contributed by atoms with Gasteiger partial charge >= 0.3 is 0 Å². The molecule has 3 rings (SSSR count). The number of nitrogens with one attached hydrogen (secondary N) is 1. The molecule has 2 N–H and O–H groups in total. The minimum Gasteiger partial charge on any atom is -0.508 e. The zero-order valence-corrected chi connectivity index (χ0v) is 10.5. The highest BCUT2D eigenvalue weighted by Gasteiger charge is 2.12. The third-order valence-electron chi connectivity index (χ3n) is 3.24. The van der Waals surface area contributed by atoms with Gasteiger partial charge in [0.2, 0.25) is 0 Å². The average Bonchev–Trinajstić information content (AvgIpc) is 2.73. The second-order valence-electron chi connectivity index (χ2n) is 4.47. The molecule has 0 saturated carbocycles. The molecule has 1 saturated heterocycles. The van der Waals surface area contributed by atoms with Gasteiger partial charge in [0.15, 0.2) is 0 Å². The summed E-state index contributed by atoms with van der Waals surface area (Å²) in [7, 11) is 0. The van der Waals surface area contributed by atoms with Crippen LogP contribution in [0.4, 0.5) is 0 Å². The third kappa shape index (κ3) is 2.29. The molecular formula is C13H16N2OS. The summed E-state index contributed by atoms with van der Waals surface area (Å²) in [4.78, 5) is 2.48. The molecule has 1 aromatic carbocycles. The maximum atomic E-state index is 9.45. The van der Waals surface area contributed by atoms with E-state index in [1.54, 1.807) is 17.4 Å². The molecule has 1 fully saturated rings. The Bertz CT molecular complexity index is 517. The second-order valence-corrected chi connectivity index (χ2v) is 5.38. The molecule has 2 aromatic rings. The van der Waals surface area contributed by atoms with Crippen molar-refractivity contribution in [3.05, 3.63) is 29.1 Å². The fourth-order valence-corrected chi connectivity index (χ4v) is 3.29. The van der Waals surface area contributed by atoms with Crippen LogP contribution in [0.25, 0.3) is 10.1 Å². The van der Waals surface area contributed by atoms with E-state index in [-0.39, 0.29) is 0 Å². The van der Waals surface area contributed by atoms with Gasteiger partial charge in [-0.3, -0.25) is 4.90 Å². The third-order valence-corrected chi connectivity index (χ3v) is 4.24. The van der Waals surface area contributed by atoms with Crippen LogP contribution in [0.2, 0.25) is 0 Å². The van der Waals surface area contributed by atoms with Gasteiger partial charge in [0, 0.05) is 37.4 Å². The predicted octanol–water partition coefficient (Wildman–Crippen LogP) is 2.01. The molecule has 0 amide bonds. The quantitative estimate of drug-likeness (QED) is 0.853. The minimum atomic E-state index is 0.355. The fraction of sp³-hybridized carbons (Fsp3) is 0.385. The monoisotopic (exact) mass is 248 g/mol. The van der Waals surface area contributed by atoms with E-state index in [4.69, 9.17) is 0 Å². The fourth-order valence-electron chi connectivity index (χ4n) is 2.30. The first-order chi connectivity index (χ1) is 8.33. The molecular weight excluding hydrogens is 232 g/mol. The van der Waals surface area contributed by atoms with Gasteiger partial charge in [-0.25, -0.2) is 0 Å². The van der Waals surface area contributed by atoms with Crippen molar-refractivity contribution in [1.29, 1.82) is 0 Å². The summed E-state index contributed by atoms with van der Waals surface area (Å²) < 4.78 is 1.18. The molecule has 1 aliphatic rings.